The lowest BCUT2D eigenvalue weighted by Gasteiger charge is -2.09. The molecule has 0 fully saturated rings. The van der Waals surface area contributed by atoms with Crippen molar-refractivity contribution < 1.29 is 9.53 Å². The van der Waals surface area contributed by atoms with Crippen molar-refractivity contribution in [3.63, 3.8) is 0 Å². The number of fused-ring (bicyclic) bond motifs is 1. The number of carbonyl (C=O) groups excluding carboxylic acids is 1. The van der Waals surface area contributed by atoms with Crippen LogP contribution < -0.4 is 15.4 Å². The van der Waals surface area contributed by atoms with Gasteiger partial charge in [-0.3, -0.25) is 0 Å². The van der Waals surface area contributed by atoms with E-state index >= 15 is 0 Å². The van der Waals surface area contributed by atoms with E-state index in [2.05, 4.69) is 26.3 Å². The van der Waals surface area contributed by atoms with Gasteiger partial charge in [-0.15, -0.1) is 0 Å². The largest absolute Gasteiger partial charge is 0.497 e. The summed E-state index contributed by atoms with van der Waals surface area (Å²) in [6, 6.07) is 15.5. The summed E-state index contributed by atoms with van der Waals surface area (Å²) < 4.78 is 7.21. The van der Waals surface area contributed by atoms with Crippen LogP contribution in [-0.4, -0.2) is 29.2 Å². The van der Waals surface area contributed by atoms with Crippen molar-refractivity contribution in [3.8, 4) is 5.75 Å². The van der Waals surface area contributed by atoms with Crippen LogP contribution in [0.4, 0.5) is 4.79 Å². The van der Waals surface area contributed by atoms with Crippen LogP contribution in [0.15, 0.2) is 54.9 Å². The molecule has 0 unspecified atom stereocenters. The molecule has 2 amide bonds. The van der Waals surface area contributed by atoms with E-state index in [1.54, 1.807) is 7.11 Å². The number of hydrogen-bond acceptors (Lipinski definition) is 3. The molecule has 0 bridgehead atoms. The number of ether oxygens (including phenoxy) is 1. The van der Waals surface area contributed by atoms with Gasteiger partial charge in [0, 0.05) is 19.6 Å². The van der Waals surface area contributed by atoms with E-state index in [1.165, 1.54) is 0 Å². The highest BCUT2D eigenvalue weighted by Gasteiger charge is 2.03. The number of benzene rings is 2. The zero-order valence-electron chi connectivity index (χ0n) is 14.2. The Morgan fingerprint density at radius 1 is 1.12 bits per heavy atom. The van der Waals surface area contributed by atoms with E-state index in [-0.39, 0.29) is 6.03 Å². The maximum atomic E-state index is 11.8. The van der Waals surface area contributed by atoms with Gasteiger partial charge in [0.15, 0.2) is 0 Å². The minimum atomic E-state index is -0.161. The van der Waals surface area contributed by atoms with Crippen LogP contribution in [0, 0.1) is 0 Å². The number of aromatic nitrogens is 2. The van der Waals surface area contributed by atoms with Crippen LogP contribution in [0.1, 0.15) is 12.0 Å². The molecular formula is C19H22N4O2. The number of carbonyl (C=O) groups is 1. The summed E-state index contributed by atoms with van der Waals surface area (Å²) in [5.41, 5.74) is 3.14. The molecule has 2 N–H and O–H groups in total. The quantitative estimate of drug-likeness (QED) is 0.651. The van der Waals surface area contributed by atoms with Gasteiger partial charge in [0.25, 0.3) is 0 Å². The molecule has 3 rings (SSSR count). The Balaban J connectivity index is 1.37. The molecule has 0 aliphatic carbocycles. The normalized spacial score (nSPS) is 10.6. The maximum Gasteiger partial charge on any atom is 0.315 e. The van der Waals surface area contributed by atoms with Crippen LogP contribution in [0.3, 0.4) is 0 Å². The molecular weight excluding hydrogens is 316 g/mol. The third kappa shape index (κ3) is 4.50. The molecule has 2 aromatic carbocycles. The summed E-state index contributed by atoms with van der Waals surface area (Å²) in [6.45, 7) is 1.92. The predicted molar refractivity (Wildman–Crippen MR) is 97.6 cm³/mol. The second-order valence-electron chi connectivity index (χ2n) is 5.74. The zero-order chi connectivity index (χ0) is 17.5. The fourth-order valence-corrected chi connectivity index (χ4v) is 2.63. The molecule has 25 heavy (non-hydrogen) atoms. The minimum absolute atomic E-state index is 0.161. The molecule has 0 aliphatic heterocycles. The van der Waals surface area contributed by atoms with Gasteiger partial charge < -0.3 is 19.9 Å². The summed E-state index contributed by atoms with van der Waals surface area (Å²) in [5.74, 6) is 0.806. The SMILES string of the molecule is COc1ccc(CNC(=O)NCCCn2cnc3ccccc32)cc1. The molecule has 0 atom stereocenters. The average Bonchev–Trinajstić information content (AvgIpc) is 3.07. The maximum absolute atomic E-state index is 11.8. The number of imidazole rings is 1. The summed E-state index contributed by atoms with van der Waals surface area (Å²) >= 11 is 0. The first kappa shape index (κ1) is 16.8. The third-order valence-corrected chi connectivity index (χ3v) is 4.00. The lowest BCUT2D eigenvalue weighted by molar-refractivity contribution is 0.240. The van der Waals surface area contributed by atoms with Crippen molar-refractivity contribution >= 4 is 17.1 Å². The molecule has 0 saturated heterocycles. The van der Waals surface area contributed by atoms with Gasteiger partial charge in [0.05, 0.1) is 24.5 Å². The first-order valence-corrected chi connectivity index (χ1v) is 8.31. The van der Waals surface area contributed by atoms with Crippen LogP contribution in [0.25, 0.3) is 11.0 Å². The third-order valence-electron chi connectivity index (χ3n) is 4.00. The van der Waals surface area contributed by atoms with E-state index < -0.39 is 0 Å². The Morgan fingerprint density at radius 3 is 2.72 bits per heavy atom. The Hall–Kier alpha value is -3.02. The molecule has 6 nitrogen and oxygen atoms in total. The number of amides is 2. The van der Waals surface area contributed by atoms with Gasteiger partial charge in [0.1, 0.15) is 5.75 Å². The molecule has 6 heteroatoms. The number of nitrogens with zero attached hydrogens (tertiary/aromatic N) is 2. The second kappa shape index (κ2) is 8.19. The number of urea groups is 1. The number of rotatable bonds is 7. The molecule has 0 spiro atoms. The van der Waals surface area contributed by atoms with E-state index in [9.17, 15) is 4.79 Å². The van der Waals surface area contributed by atoms with Crippen LogP contribution in [-0.2, 0) is 13.1 Å². The molecule has 1 aromatic heterocycles. The van der Waals surface area contributed by atoms with Gasteiger partial charge in [-0.2, -0.15) is 0 Å². The smallest absolute Gasteiger partial charge is 0.315 e. The first-order valence-electron chi connectivity index (χ1n) is 8.31. The predicted octanol–water partition coefficient (Wildman–Crippen LogP) is 2.93. The second-order valence-corrected chi connectivity index (χ2v) is 5.74. The van der Waals surface area contributed by atoms with E-state index in [4.69, 9.17) is 4.74 Å². The standard InChI is InChI=1S/C19H22N4O2/c1-25-16-9-7-15(8-10-16)13-21-19(24)20-11-4-12-23-14-22-17-5-2-3-6-18(17)23/h2-3,5-10,14H,4,11-13H2,1H3,(H2,20,21,24). The summed E-state index contributed by atoms with van der Waals surface area (Å²) in [7, 11) is 1.63. The van der Waals surface area contributed by atoms with Crippen LogP contribution >= 0.6 is 0 Å². The van der Waals surface area contributed by atoms with Crippen molar-refractivity contribution in [2.75, 3.05) is 13.7 Å². The Bertz CT molecular complexity index is 827. The summed E-state index contributed by atoms with van der Waals surface area (Å²) in [4.78, 5) is 16.2. The number of methoxy groups -OCH3 is 1. The van der Waals surface area contributed by atoms with Crippen LogP contribution in [0.2, 0.25) is 0 Å². The molecule has 130 valence electrons. The molecule has 1 heterocycles. The topological polar surface area (TPSA) is 68.2 Å². The number of nitrogens with one attached hydrogen (secondary N) is 2. The Labute approximate surface area is 146 Å². The van der Waals surface area contributed by atoms with Crippen molar-refractivity contribution in [2.24, 2.45) is 0 Å². The summed E-state index contributed by atoms with van der Waals surface area (Å²) in [6.07, 6.45) is 2.69. The average molecular weight is 338 g/mol. The lowest BCUT2D eigenvalue weighted by Crippen LogP contribution is -2.35. The number of hydrogen-bond donors (Lipinski definition) is 2. The van der Waals surface area contributed by atoms with Gasteiger partial charge in [-0.25, -0.2) is 9.78 Å². The number of para-hydroxylation sites is 2. The Kier molecular flexibility index (Phi) is 5.51. The van der Waals surface area contributed by atoms with Gasteiger partial charge in [-0.05, 0) is 36.2 Å². The highest BCUT2D eigenvalue weighted by molar-refractivity contribution is 5.75. The molecule has 0 saturated carbocycles. The summed E-state index contributed by atoms with van der Waals surface area (Å²) in [5, 5.41) is 5.73. The van der Waals surface area contributed by atoms with Crippen molar-refractivity contribution in [2.45, 2.75) is 19.5 Å². The van der Waals surface area contributed by atoms with Crippen molar-refractivity contribution in [3.05, 3.63) is 60.4 Å². The fraction of sp³-hybridized carbons (Fsp3) is 0.263. The van der Waals surface area contributed by atoms with Crippen molar-refractivity contribution in [1.82, 2.24) is 20.2 Å². The van der Waals surface area contributed by atoms with E-state index in [0.717, 1.165) is 35.3 Å². The fourth-order valence-electron chi connectivity index (χ4n) is 2.63. The van der Waals surface area contributed by atoms with E-state index in [0.29, 0.717) is 13.1 Å². The van der Waals surface area contributed by atoms with Crippen LogP contribution in [0.5, 0.6) is 5.75 Å². The Morgan fingerprint density at radius 2 is 1.92 bits per heavy atom. The van der Waals surface area contributed by atoms with Gasteiger partial charge in [0.2, 0.25) is 0 Å². The first-order chi connectivity index (χ1) is 12.3. The number of aryl methyl sites for hydroxylation is 1. The van der Waals surface area contributed by atoms with Gasteiger partial charge >= 0.3 is 6.03 Å². The lowest BCUT2D eigenvalue weighted by atomic mass is 10.2. The molecule has 0 aliphatic rings. The minimum Gasteiger partial charge on any atom is -0.497 e. The monoisotopic (exact) mass is 338 g/mol. The highest BCUT2D eigenvalue weighted by Crippen LogP contribution is 2.12. The zero-order valence-corrected chi connectivity index (χ0v) is 14.2. The molecule has 0 radical (unpaired) electrons. The molecule has 3 aromatic rings. The highest BCUT2D eigenvalue weighted by atomic mass is 16.5. The van der Waals surface area contributed by atoms with Crippen molar-refractivity contribution in [1.29, 1.82) is 0 Å². The van der Waals surface area contributed by atoms with Gasteiger partial charge in [-0.1, -0.05) is 24.3 Å². The van der Waals surface area contributed by atoms with E-state index in [1.807, 2.05) is 48.8 Å².